The second-order valence-electron chi connectivity index (χ2n) is 8.96. The quantitative estimate of drug-likeness (QED) is 0.408. The summed E-state index contributed by atoms with van der Waals surface area (Å²) >= 11 is 0. The van der Waals surface area contributed by atoms with Gasteiger partial charge in [0.1, 0.15) is 12.4 Å². The summed E-state index contributed by atoms with van der Waals surface area (Å²) < 4.78 is 20.8. The molecule has 0 bridgehead atoms. The van der Waals surface area contributed by atoms with Crippen molar-refractivity contribution in [3.63, 3.8) is 0 Å². The third-order valence-corrected chi connectivity index (χ3v) is 6.53. The molecule has 3 aromatic rings. The zero-order valence-corrected chi connectivity index (χ0v) is 21.6. The fourth-order valence-electron chi connectivity index (χ4n) is 4.51. The molecule has 0 unspecified atom stereocenters. The number of aliphatic hydroxyl groups is 1. The van der Waals surface area contributed by atoms with Gasteiger partial charge in [0.15, 0.2) is 28.4 Å². The van der Waals surface area contributed by atoms with Crippen LogP contribution in [0.15, 0.2) is 24.3 Å². The topological polar surface area (TPSA) is 139 Å². The molecule has 38 heavy (non-hydrogen) atoms. The number of aromatic nitrogens is 3. The van der Waals surface area contributed by atoms with Crippen LogP contribution in [0.25, 0.3) is 11.2 Å². The molecular weight excluding hydrogens is 495 g/mol. The van der Waals surface area contributed by atoms with Crippen molar-refractivity contribution in [3.05, 3.63) is 47.0 Å². The fourth-order valence-corrected chi connectivity index (χ4v) is 4.51. The van der Waals surface area contributed by atoms with Gasteiger partial charge in [-0.2, -0.15) is 0 Å². The molecule has 4 rings (SSSR count). The molecule has 11 nitrogen and oxygen atoms in total. The van der Waals surface area contributed by atoms with E-state index in [0.29, 0.717) is 49.2 Å². The first-order valence-corrected chi connectivity index (χ1v) is 12.6. The number of nitrogens with one attached hydrogen (secondary N) is 2. The average Bonchev–Trinajstić information content (AvgIpc) is 3.18. The number of aliphatic hydroxyl groups excluding tert-OH is 1. The largest absolute Gasteiger partial charge is 0.489 e. The lowest BCUT2D eigenvalue weighted by Gasteiger charge is -2.32. The Morgan fingerprint density at radius 1 is 1.11 bits per heavy atom. The van der Waals surface area contributed by atoms with E-state index < -0.39 is 18.3 Å². The lowest BCUT2D eigenvalue weighted by molar-refractivity contribution is -0.135. The molecule has 1 saturated heterocycles. The molecule has 0 aliphatic carbocycles. The first kappa shape index (κ1) is 27.0. The monoisotopic (exact) mass is 526 g/mol. The molecular formula is C26H31FN6O5. The molecule has 3 N–H and O–H groups in total. The van der Waals surface area contributed by atoms with Crippen molar-refractivity contribution in [1.29, 1.82) is 0 Å². The van der Waals surface area contributed by atoms with Gasteiger partial charge in [0.2, 0.25) is 5.91 Å². The van der Waals surface area contributed by atoms with E-state index >= 15 is 0 Å². The van der Waals surface area contributed by atoms with Gasteiger partial charge in [-0.15, -0.1) is 0 Å². The predicted octanol–water partition coefficient (Wildman–Crippen LogP) is 2.03. The Labute approximate surface area is 219 Å². The van der Waals surface area contributed by atoms with Crippen LogP contribution >= 0.6 is 0 Å². The molecule has 3 amide bonds. The van der Waals surface area contributed by atoms with E-state index in [-0.39, 0.29) is 47.3 Å². The summed E-state index contributed by atoms with van der Waals surface area (Å²) in [6.45, 7) is 4.29. The van der Waals surface area contributed by atoms with Gasteiger partial charge in [-0.1, -0.05) is 6.92 Å². The number of piperidine rings is 1. The molecule has 1 aliphatic heterocycles. The Kier molecular flexibility index (Phi) is 8.20. The van der Waals surface area contributed by atoms with Crippen LogP contribution in [-0.4, -0.2) is 74.6 Å². The van der Waals surface area contributed by atoms with Crippen LogP contribution in [0.2, 0.25) is 0 Å². The van der Waals surface area contributed by atoms with Crippen LogP contribution < -0.4 is 15.4 Å². The molecule has 1 fully saturated rings. The molecule has 0 spiro atoms. The minimum absolute atomic E-state index is 0.157. The van der Waals surface area contributed by atoms with Crippen LogP contribution in [0.1, 0.15) is 53.2 Å². The summed E-state index contributed by atoms with van der Waals surface area (Å²) in [5.74, 6) is -1.12. The standard InChI is InChI=1S/C26H31FN6O5/c1-4-18-23(31-25(36)15-6-8-16(27)9-7-15)30-20-22(38-5-2)21(32(3)24(20)29-18)26(37)28-17-10-12-33(13-11-17)19(35)14-34/h6-9,17,34H,4-5,10-14H2,1-3H3,(H,28,37)(H,30,31,36). The van der Waals surface area contributed by atoms with Crippen molar-refractivity contribution in [2.45, 2.75) is 39.2 Å². The van der Waals surface area contributed by atoms with Gasteiger partial charge >= 0.3 is 0 Å². The Morgan fingerprint density at radius 3 is 2.39 bits per heavy atom. The predicted molar refractivity (Wildman–Crippen MR) is 138 cm³/mol. The molecule has 3 heterocycles. The van der Waals surface area contributed by atoms with E-state index in [1.807, 2.05) is 6.92 Å². The Balaban J connectivity index is 1.63. The number of halogens is 1. The number of nitrogens with zero attached hydrogens (tertiary/aromatic N) is 4. The SMILES string of the molecule is CCOc1c(C(=O)NC2CCN(C(=O)CO)CC2)n(C)c2nc(CC)c(NC(=O)c3ccc(F)cc3)nc12. The number of anilines is 1. The van der Waals surface area contributed by atoms with Crippen LogP contribution in [0.5, 0.6) is 5.75 Å². The number of hydrogen-bond acceptors (Lipinski definition) is 7. The highest BCUT2D eigenvalue weighted by atomic mass is 19.1. The first-order valence-electron chi connectivity index (χ1n) is 12.6. The summed E-state index contributed by atoms with van der Waals surface area (Å²) in [7, 11) is 1.70. The van der Waals surface area contributed by atoms with Crippen molar-refractivity contribution in [1.82, 2.24) is 24.8 Å². The van der Waals surface area contributed by atoms with Crippen LogP contribution in [0, 0.1) is 5.82 Å². The fraction of sp³-hybridized carbons (Fsp3) is 0.423. The number of carbonyl (C=O) groups is 3. The van der Waals surface area contributed by atoms with Crippen molar-refractivity contribution in [2.24, 2.45) is 7.05 Å². The molecule has 0 saturated carbocycles. The van der Waals surface area contributed by atoms with Gasteiger partial charge < -0.3 is 29.9 Å². The minimum atomic E-state index is -0.531. The first-order chi connectivity index (χ1) is 18.3. The number of likely N-dealkylation sites (tertiary alicyclic amines) is 1. The second kappa shape index (κ2) is 11.5. The summed E-state index contributed by atoms with van der Waals surface area (Å²) in [5.41, 5.74) is 1.79. The molecule has 1 aliphatic rings. The third kappa shape index (κ3) is 5.44. The van der Waals surface area contributed by atoms with Gasteiger partial charge in [0.05, 0.1) is 12.3 Å². The number of hydrogen-bond donors (Lipinski definition) is 3. The van der Waals surface area contributed by atoms with E-state index in [1.54, 1.807) is 23.4 Å². The highest BCUT2D eigenvalue weighted by Gasteiger charge is 2.29. The summed E-state index contributed by atoms with van der Waals surface area (Å²) in [5, 5.41) is 14.8. The normalized spacial score (nSPS) is 14.0. The highest BCUT2D eigenvalue weighted by Crippen LogP contribution is 2.33. The van der Waals surface area contributed by atoms with Crippen molar-refractivity contribution in [3.8, 4) is 5.75 Å². The van der Waals surface area contributed by atoms with E-state index in [4.69, 9.17) is 9.84 Å². The number of ether oxygens (including phenoxy) is 1. The molecule has 0 radical (unpaired) electrons. The maximum atomic E-state index is 13.4. The maximum Gasteiger partial charge on any atom is 0.272 e. The average molecular weight is 527 g/mol. The van der Waals surface area contributed by atoms with E-state index in [2.05, 4.69) is 20.6 Å². The molecule has 0 atom stereocenters. The van der Waals surface area contributed by atoms with Gasteiger partial charge in [0.25, 0.3) is 11.8 Å². The van der Waals surface area contributed by atoms with Crippen LogP contribution in [0.3, 0.4) is 0 Å². The number of carbonyl (C=O) groups excluding carboxylic acids is 3. The van der Waals surface area contributed by atoms with E-state index in [1.165, 1.54) is 24.3 Å². The molecule has 202 valence electrons. The van der Waals surface area contributed by atoms with Crippen molar-refractivity contribution in [2.75, 3.05) is 31.6 Å². The van der Waals surface area contributed by atoms with Crippen LogP contribution in [-0.2, 0) is 18.3 Å². The lowest BCUT2D eigenvalue weighted by atomic mass is 10.0. The molecule has 1 aromatic carbocycles. The van der Waals surface area contributed by atoms with Gasteiger partial charge in [-0.3, -0.25) is 14.4 Å². The number of rotatable bonds is 8. The second-order valence-corrected chi connectivity index (χ2v) is 8.96. The third-order valence-electron chi connectivity index (χ3n) is 6.53. The number of amides is 3. The number of aryl methyl sites for hydroxylation is 2. The van der Waals surface area contributed by atoms with Crippen molar-refractivity contribution < 1.29 is 28.6 Å². The smallest absolute Gasteiger partial charge is 0.272 e. The zero-order chi connectivity index (χ0) is 27.4. The minimum Gasteiger partial charge on any atom is -0.489 e. The Morgan fingerprint density at radius 2 is 1.79 bits per heavy atom. The molecule has 2 aromatic heterocycles. The number of fused-ring (bicyclic) bond motifs is 1. The van der Waals surface area contributed by atoms with E-state index in [9.17, 15) is 18.8 Å². The highest BCUT2D eigenvalue weighted by molar-refractivity contribution is 6.05. The lowest BCUT2D eigenvalue weighted by Crippen LogP contribution is -2.47. The van der Waals surface area contributed by atoms with Gasteiger partial charge in [-0.05, 0) is 50.5 Å². The Hall–Kier alpha value is -4.06. The molecule has 12 heteroatoms. The van der Waals surface area contributed by atoms with Gasteiger partial charge in [-0.25, -0.2) is 14.4 Å². The Bertz CT molecular complexity index is 1350. The van der Waals surface area contributed by atoms with Crippen LogP contribution in [0.4, 0.5) is 10.2 Å². The zero-order valence-electron chi connectivity index (χ0n) is 21.6. The summed E-state index contributed by atoms with van der Waals surface area (Å²) in [6.07, 6.45) is 1.58. The maximum absolute atomic E-state index is 13.4. The van der Waals surface area contributed by atoms with Crippen molar-refractivity contribution >= 4 is 34.7 Å². The number of benzene rings is 1. The van der Waals surface area contributed by atoms with E-state index in [0.717, 1.165) is 0 Å². The summed E-state index contributed by atoms with van der Waals surface area (Å²) in [4.78, 5) is 48.8. The van der Waals surface area contributed by atoms with Gasteiger partial charge in [0, 0.05) is 31.7 Å². The summed E-state index contributed by atoms with van der Waals surface area (Å²) in [6, 6.07) is 5.00.